The van der Waals surface area contributed by atoms with E-state index in [2.05, 4.69) is 19.1 Å². The van der Waals surface area contributed by atoms with Gasteiger partial charge in [-0.15, -0.1) is 0 Å². The Morgan fingerprint density at radius 3 is 2.23 bits per heavy atom. The molecule has 0 spiro atoms. The fourth-order valence-corrected chi connectivity index (χ4v) is 12.6. The van der Waals surface area contributed by atoms with Gasteiger partial charge in [0.05, 0.1) is 0 Å². The summed E-state index contributed by atoms with van der Waals surface area (Å²) in [5, 5.41) is 0. The fraction of sp³-hybridized carbons (Fsp3) is 0.750. The summed E-state index contributed by atoms with van der Waals surface area (Å²) >= 11 is 0. The molecule has 6 aliphatic carbocycles. The zero-order valence-electron chi connectivity index (χ0n) is 25.9. The Morgan fingerprint density at radius 2 is 1.53 bits per heavy atom. The highest BCUT2D eigenvalue weighted by atomic mass is 32.2. The molecule has 234 valence electrons. The summed E-state index contributed by atoms with van der Waals surface area (Å²) in [5.41, 5.74) is 1.75. The molecule has 9 unspecified atom stereocenters. The fourth-order valence-electron chi connectivity index (χ4n) is 11.5. The lowest BCUT2D eigenvalue weighted by Crippen LogP contribution is -2.45. The van der Waals surface area contributed by atoms with Crippen molar-refractivity contribution in [1.29, 1.82) is 0 Å². The number of Topliss-reactive ketones (excluding diaryl/α,β-unsaturated/α-hetero) is 2. The molecular weight excluding hydrogens is 560 g/mol. The van der Waals surface area contributed by atoms with Crippen molar-refractivity contribution in [3.05, 3.63) is 28.8 Å². The molecule has 1 aromatic carbocycles. The van der Waals surface area contributed by atoms with Crippen LogP contribution in [0, 0.1) is 41.4 Å². The predicted molar refractivity (Wildman–Crippen MR) is 163 cm³/mol. The quantitative estimate of drug-likeness (QED) is 0.282. The van der Waals surface area contributed by atoms with Crippen molar-refractivity contribution < 1.29 is 27.4 Å². The van der Waals surface area contributed by atoms with E-state index >= 15 is 0 Å². The molecule has 0 aliphatic heterocycles. The monoisotopic (exact) mass is 608 g/mol. The van der Waals surface area contributed by atoms with Crippen molar-refractivity contribution in [2.45, 2.75) is 132 Å². The first-order chi connectivity index (χ1) is 20.4. The Hall–Kier alpha value is -1.86. The Bertz CT molecular complexity index is 1430. The van der Waals surface area contributed by atoms with Crippen LogP contribution < -0.4 is 0 Å². The smallest absolute Gasteiger partial charge is 0.295 e. The van der Waals surface area contributed by atoms with Crippen molar-refractivity contribution >= 4 is 28.0 Å². The van der Waals surface area contributed by atoms with E-state index in [1.807, 2.05) is 6.92 Å². The van der Waals surface area contributed by atoms with E-state index in [0.717, 1.165) is 101 Å². The van der Waals surface area contributed by atoms with Crippen LogP contribution in [0.3, 0.4) is 0 Å². The van der Waals surface area contributed by atoms with E-state index < -0.39 is 15.5 Å². The minimum Gasteiger partial charge on any atom is -0.303 e. The molecule has 7 heteroatoms. The molecule has 9 atom stereocenters. The minimum absolute atomic E-state index is 0.0464. The summed E-state index contributed by atoms with van der Waals surface area (Å²) in [6.07, 6.45) is 13.9. The molecule has 1 N–H and O–H groups in total. The first-order valence-corrected chi connectivity index (χ1v) is 18.5. The van der Waals surface area contributed by atoms with Crippen molar-refractivity contribution in [2.24, 2.45) is 41.4 Å². The molecule has 0 radical (unpaired) electrons. The average molecular weight is 609 g/mol. The van der Waals surface area contributed by atoms with Crippen LogP contribution in [-0.2, 0) is 35.3 Å². The standard InChI is InChI=1S/C36H48O6S/c1-21-9-23-11-27(13-28(12-23)32(21)38)30-14-29(35(2)18-25-6-3-7-26(19-35)33(25)39)15-31(34(30)43(40,41)42)36-8-4-5-22(16-36)10-24(17-36)20-37/h14-15,20-28H,3-13,16-19H2,1-2H3,(H,40,41,42). The first-order valence-electron chi connectivity index (χ1n) is 17.1. The number of fused-ring (bicyclic) bond motifs is 6. The molecule has 6 nitrogen and oxygen atoms in total. The van der Waals surface area contributed by atoms with Gasteiger partial charge in [-0.05, 0) is 122 Å². The van der Waals surface area contributed by atoms with Crippen LogP contribution in [0.5, 0.6) is 0 Å². The maximum atomic E-state index is 13.6. The lowest BCUT2D eigenvalue weighted by Gasteiger charge is -2.50. The van der Waals surface area contributed by atoms with Crippen molar-refractivity contribution in [3.63, 3.8) is 0 Å². The summed E-state index contributed by atoms with van der Waals surface area (Å²) in [6, 6.07) is 4.18. The van der Waals surface area contributed by atoms with Crippen molar-refractivity contribution in [2.75, 3.05) is 0 Å². The SMILES string of the molecule is CC1CC2CC(CC(c3cc(C4(C)CC5CCCC(C4)C5=O)cc(C45CCCC(CC(C=O)C4)C5)c3S(=O)(=O)O)C2)C1=O. The molecule has 0 heterocycles. The Labute approximate surface area is 256 Å². The van der Waals surface area contributed by atoms with E-state index in [9.17, 15) is 27.4 Å². The lowest BCUT2D eigenvalue weighted by atomic mass is 9.54. The van der Waals surface area contributed by atoms with E-state index in [0.29, 0.717) is 41.8 Å². The van der Waals surface area contributed by atoms with Crippen LogP contribution in [-0.4, -0.2) is 30.8 Å². The normalized spacial score (nSPS) is 42.9. The van der Waals surface area contributed by atoms with Crippen LogP contribution in [0.4, 0.5) is 0 Å². The van der Waals surface area contributed by atoms with Gasteiger partial charge in [0.25, 0.3) is 10.1 Å². The van der Waals surface area contributed by atoms with Crippen LogP contribution in [0.2, 0.25) is 0 Å². The third-order valence-electron chi connectivity index (χ3n) is 13.2. The Morgan fingerprint density at radius 1 is 0.814 bits per heavy atom. The van der Waals surface area contributed by atoms with E-state index in [4.69, 9.17) is 0 Å². The summed E-state index contributed by atoms with van der Waals surface area (Å²) in [7, 11) is -4.60. The lowest BCUT2D eigenvalue weighted by molar-refractivity contribution is -0.134. The first kappa shape index (κ1) is 29.8. The summed E-state index contributed by atoms with van der Waals surface area (Å²) in [4.78, 5) is 38.6. The second-order valence-electron chi connectivity index (χ2n) is 16.2. The van der Waals surface area contributed by atoms with Gasteiger partial charge < -0.3 is 4.79 Å². The predicted octanol–water partition coefficient (Wildman–Crippen LogP) is 7.12. The van der Waals surface area contributed by atoms with Crippen LogP contribution in [0.25, 0.3) is 0 Å². The molecule has 6 saturated carbocycles. The van der Waals surface area contributed by atoms with Gasteiger partial charge in [0.2, 0.25) is 0 Å². The van der Waals surface area contributed by atoms with Gasteiger partial charge in [-0.25, -0.2) is 0 Å². The third kappa shape index (κ3) is 5.09. The van der Waals surface area contributed by atoms with Gasteiger partial charge >= 0.3 is 0 Å². The molecule has 0 aromatic heterocycles. The van der Waals surface area contributed by atoms with Crippen molar-refractivity contribution in [3.8, 4) is 0 Å². The second kappa shape index (κ2) is 10.6. The molecule has 43 heavy (non-hydrogen) atoms. The van der Waals surface area contributed by atoms with Gasteiger partial charge in [0, 0.05) is 29.6 Å². The topological polar surface area (TPSA) is 106 Å². The summed E-state index contributed by atoms with van der Waals surface area (Å²) in [6.45, 7) is 4.29. The maximum absolute atomic E-state index is 13.6. The molecular formula is C36H48O6S. The zero-order valence-corrected chi connectivity index (χ0v) is 26.7. The highest BCUT2D eigenvalue weighted by Gasteiger charge is 2.51. The number of benzene rings is 1. The number of rotatable bonds is 5. The zero-order chi connectivity index (χ0) is 30.3. The summed E-state index contributed by atoms with van der Waals surface area (Å²) in [5.74, 6) is 1.28. The van der Waals surface area contributed by atoms with Crippen LogP contribution in [0.15, 0.2) is 17.0 Å². The molecule has 6 bridgehead atoms. The molecule has 1 aromatic rings. The van der Waals surface area contributed by atoms with E-state index in [1.165, 1.54) is 0 Å². The van der Waals surface area contributed by atoms with Gasteiger partial charge in [0.1, 0.15) is 22.7 Å². The minimum atomic E-state index is -4.60. The number of hydrogen-bond acceptors (Lipinski definition) is 5. The van der Waals surface area contributed by atoms with Crippen LogP contribution in [0.1, 0.15) is 133 Å². The number of carbonyl (C=O) groups is 3. The highest BCUT2D eigenvalue weighted by molar-refractivity contribution is 7.86. The Balaban J connectivity index is 1.43. The van der Waals surface area contributed by atoms with Crippen molar-refractivity contribution in [1.82, 2.24) is 0 Å². The largest absolute Gasteiger partial charge is 0.303 e. The van der Waals surface area contributed by atoms with Crippen LogP contribution >= 0.6 is 0 Å². The van der Waals surface area contributed by atoms with Gasteiger partial charge in [0.15, 0.2) is 0 Å². The second-order valence-corrected chi connectivity index (χ2v) is 17.6. The molecule has 7 rings (SSSR count). The van der Waals surface area contributed by atoms with Gasteiger partial charge in [-0.2, -0.15) is 8.42 Å². The summed E-state index contributed by atoms with van der Waals surface area (Å²) < 4.78 is 38.2. The number of carbonyl (C=O) groups excluding carboxylic acids is 3. The highest BCUT2D eigenvalue weighted by Crippen LogP contribution is 2.57. The van der Waals surface area contributed by atoms with E-state index in [1.54, 1.807) is 0 Å². The maximum Gasteiger partial charge on any atom is 0.295 e. The molecule has 0 saturated heterocycles. The molecule has 6 aliphatic rings. The number of aldehydes is 1. The number of ketones is 2. The molecule has 6 fully saturated rings. The average Bonchev–Trinajstić information content (AvgIpc) is 2.95. The van der Waals surface area contributed by atoms with Gasteiger partial charge in [-0.3, -0.25) is 14.1 Å². The van der Waals surface area contributed by atoms with E-state index in [-0.39, 0.29) is 45.8 Å². The number of hydrogen-bond donors (Lipinski definition) is 1. The molecule has 0 amide bonds. The van der Waals surface area contributed by atoms with Gasteiger partial charge in [-0.1, -0.05) is 45.2 Å². The third-order valence-corrected chi connectivity index (χ3v) is 14.2. The Kier molecular flexibility index (Phi) is 7.36.